The van der Waals surface area contributed by atoms with E-state index in [0.717, 1.165) is 25.5 Å². The minimum atomic E-state index is -0.786. The Morgan fingerprint density at radius 2 is 2.10 bits per heavy atom. The number of aromatic nitrogens is 1. The molecule has 0 aromatic carbocycles. The molecule has 0 radical (unpaired) electrons. The van der Waals surface area contributed by atoms with Crippen molar-refractivity contribution in [3.8, 4) is 0 Å². The summed E-state index contributed by atoms with van der Waals surface area (Å²) in [5.41, 5.74) is -0.831. The Morgan fingerprint density at radius 1 is 1.40 bits per heavy atom. The SMILES string of the molecule is O=C(O)C1(CNc2ccc([N+](=O)[O-])cn2)CCCCC1. The summed E-state index contributed by atoms with van der Waals surface area (Å²) in [6, 6.07) is 2.85. The van der Waals surface area contributed by atoms with Crippen molar-refractivity contribution in [3.05, 3.63) is 28.4 Å². The first-order chi connectivity index (χ1) is 9.53. The summed E-state index contributed by atoms with van der Waals surface area (Å²) in [4.78, 5) is 25.4. The molecule has 0 saturated heterocycles. The molecule has 1 aromatic rings. The fourth-order valence-corrected chi connectivity index (χ4v) is 2.55. The van der Waals surface area contributed by atoms with Gasteiger partial charge in [-0.25, -0.2) is 4.98 Å². The molecule has 1 aliphatic rings. The number of carbonyl (C=O) groups is 1. The summed E-state index contributed by atoms with van der Waals surface area (Å²) in [5.74, 6) is -0.326. The summed E-state index contributed by atoms with van der Waals surface area (Å²) in [5, 5.41) is 22.9. The minimum absolute atomic E-state index is 0.0823. The lowest BCUT2D eigenvalue weighted by molar-refractivity contribution is -0.385. The number of nitro groups is 1. The summed E-state index contributed by atoms with van der Waals surface area (Å²) in [6.45, 7) is 0.299. The lowest BCUT2D eigenvalue weighted by Crippen LogP contribution is -2.39. The Kier molecular flexibility index (Phi) is 4.16. The third-order valence-electron chi connectivity index (χ3n) is 3.83. The van der Waals surface area contributed by atoms with Crippen LogP contribution in [-0.4, -0.2) is 27.5 Å². The Bertz CT molecular complexity index is 495. The van der Waals surface area contributed by atoms with E-state index >= 15 is 0 Å². The fourth-order valence-electron chi connectivity index (χ4n) is 2.55. The van der Waals surface area contributed by atoms with Crippen LogP contribution in [0, 0.1) is 15.5 Å². The van der Waals surface area contributed by atoms with Crippen LogP contribution in [0.15, 0.2) is 18.3 Å². The predicted octanol–water partition coefficient (Wildman–Crippen LogP) is 2.44. The maximum atomic E-state index is 11.5. The van der Waals surface area contributed by atoms with Gasteiger partial charge in [0.15, 0.2) is 0 Å². The molecule has 0 bridgehead atoms. The van der Waals surface area contributed by atoms with Crippen LogP contribution < -0.4 is 5.32 Å². The zero-order chi connectivity index (χ0) is 14.6. The van der Waals surface area contributed by atoms with Crippen molar-refractivity contribution in [1.29, 1.82) is 0 Å². The molecule has 7 nitrogen and oxygen atoms in total. The summed E-state index contributed by atoms with van der Waals surface area (Å²) >= 11 is 0. The van der Waals surface area contributed by atoms with Crippen molar-refractivity contribution in [2.24, 2.45) is 5.41 Å². The lowest BCUT2D eigenvalue weighted by Gasteiger charge is -2.33. The van der Waals surface area contributed by atoms with Crippen LogP contribution in [0.2, 0.25) is 0 Å². The van der Waals surface area contributed by atoms with Crippen molar-refractivity contribution < 1.29 is 14.8 Å². The van der Waals surface area contributed by atoms with Gasteiger partial charge in [-0.2, -0.15) is 0 Å². The highest BCUT2D eigenvalue weighted by Gasteiger charge is 2.39. The first kappa shape index (κ1) is 14.2. The maximum absolute atomic E-state index is 11.5. The van der Waals surface area contributed by atoms with Gasteiger partial charge in [-0.3, -0.25) is 14.9 Å². The highest BCUT2D eigenvalue weighted by Crippen LogP contribution is 2.36. The molecule has 7 heteroatoms. The monoisotopic (exact) mass is 279 g/mol. The van der Waals surface area contributed by atoms with E-state index in [2.05, 4.69) is 10.3 Å². The van der Waals surface area contributed by atoms with E-state index in [1.807, 2.05) is 0 Å². The zero-order valence-corrected chi connectivity index (χ0v) is 11.0. The van der Waals surface area contributed by atoms with Gasteiger partial charge in [-0.15, -0.1) is 0 Å². The van der Waals surface area contributed by atoms with E-state index in [9.17, 15) is 20.0 Å². The van der Waals surface area contributed by atoms with E-state index in [1.165, 1.54) is 12.1 Å². The van der Waals surface area contributed by atoms with E-state index in [-0.39, 0.29) is 5.69 Å². The largest absolute Gasteiger partial charge is 0.481 e. The maximum Gasteiger partial charge on any atom is 0.311 e. The van der Waals surface area contributed by atoms with Crippen molar-refractivity contribution in [2.45, 2.75) is 32.1 Å². The molecule has 1 aliphatic carbocycles. The standard InChI is InChI=1S/C13H17N3O4/c17-12(18)13(6-2-1-3-7-13)9-15-11-5-4-10(8-14-11)16(19)20/h4-5,8H,1-3,6-7,9H2,(H,14,15)(H,17,18). The topological polar surface area (TPSA) is 105 Å². The molecule has 20 heavy (non-hydrogen) atoms. The Labute approximate surface area is 116 Å². The van der Waals surface area contributed by atoms with Gasteiger partial charge in [0.1, 0.15) is 12.0 Å². The second-order valence-electron chi connectivity index (χ2n) is 5.16. The second-order valence-corrected chi connectivity index (χ2v) is 5.16. The van der Waals surface area contributed by atoms with Crippen LogP contribution in [0.5, 0.6) is 0 Å². The first-order valence-electron chi connectivity index (χ1n) is 6.61. The Morgan fingerprint density at radius 3 is 2.60 bits per heavy atom. The molecule has 0 atom stereocenters. The van der Waals surface area contributed by atoms with E-state index in [0.29, 0.717) is 25.2 Å². The predicted molar refractivity (Wildman–Crippen MR) is 72.5 cm³/mol. The van der Waals surface area contributed by atoms with Crippen molar-refractivity contribution in [3.63, 3.8) is 0 Å². The molecular formula is C13H17N3O4. The average molecular weight is 279 g/mol. The van der Waals surface area contributed by atoms with Gasteiger partial charge in [0.25, 0.3) is 5.69 Å². The van der Waals surface area contributed by atoms with E-state index < -0.39 is 16.3 Å². The van der Waals surface area contributed by atoms with Gasteiger partial charge < -0.3 is 10.4 Å². The van der Waals surface area contributed by atoms with Gasteiger partial charge in [-0.1, -0.05) is 19.3 Å². The molecular weight excluding hydrogens is 262 g/mol. The number of anilines is 1. The number of nitrogens with one attached hydrogen (secondary N) is 1. The molecule has 1 heterocycles. The van der Waals surface area contributed by atoms with Crippen molar-refractivity contribution in [2.75, 3.05) is 11.9 Å². The third-order valence-corrected chi connectivity index (χ3v) is 3.83. The quantitative estimate of drug-likeness (QED) is 0.633. The number of hydrogen-bond acceptors (Lipinski definition) is 5. The van der Waals surface area contributed by atoms with Crippen molar-refractivity contribution in [1.82, 2.24) is 4.98 Å². The van der Waals surface area contributed by atoms with Crippen LogP contribution in [0.3, 0.4) is 0 Å². The third kappa shape index (κ3) is 3.04. The molecule has 1 fully saturated rings. The van der Waals surface area contributed by atoms with E-state index in [1.54, 1.807) is 0 Å². The number of pyridine rings is 1. The van der Waals surface area contributed by atoms with Gasteiger partial charge in [-0.05, 0) is 18.9 Å². The van der Waals surface area contributed by atoms with Crippen LogP contribution >= 0.6 is 0 Å². The van der Waals surface area contributed by atoms with Crippen LogP contribution in [0.4, 0.5) is 11.5 Å². The molecule has 0 spiro atoms. The first-order valence-corrected chi connectivity index (χ1v) is 6.61. The number of carboxylic acid groups (broad SMARTS) is 1. The smallest absolute Gasteiger partial charge is 0.311 e. The molecule has 0 amide bonds. The van der Waals surface area contributed by atoms with Gasteiger partial charge >= 0.3 is 5.97 Å². The van der Waals surface area contributed by atoms with Gasteiger partial charge in [0.05, 0.1) is 10.3 Å². The van der Waals surface area contributed by atoms with Crippen LogP contribution in [0.25, 0.3) is 0 Å². The molecule has 2 N–H and O–H groups in total. The number of rotatable bonds is 5. The lowest BCUT2D eigenvalue weighted by atomic mass is 9.74. The molecule has 108 valence electrons. The fraction of sp³-hybridized carbons (Fsp3) is 0.538. The summed E-state index contributed by atoms with van der Waals surface area (Å²) in [6.07, 6.45) is 5.38. The average Bonchev–Trinajstić information content (AvgIpc) is 2.46. The van der Waals surface area contributed by atoms with Crippen LogP contribution in [-0.2, 0) is 4.79 Å². The number of carboxylic acids is 1. The molecule has 1 saturated carbocycles. The molecule has 2 rings (SSSR count). The minimum Gasteiger partial charge on any atom is -0.481 e. The highest BCUT2D eigenvalue weighted by molar-refractivity contribution is 5.75. The summed E-state index contributed by atoms with van der Waals surface area (Å²) < 4.78 is 0. The van der Waals surface area contributed by atoms with E-state index in [4.69, 9.17) is 0 Å². The second kappa shape index (κ2) is 5.85. The molecule has 1 aromatic heterocycles. The molecule has 0 aliphatic heterocycles. The van der Waals surface area contributed by atoms with Gasteiger partial charge in [0, 0.05) is 12.6 Å². The normalized spacial score (nSPS) is 17.4. The number of hydrogen-bond donors (Lipinski definition) is 2. The molecule has 0 unspecified atom stereocenters. The summed E-state index contributed by atoms with van der Waals surface area (Å²) in [7, 11) is 0. The Hall–Kier alpha value is -2.18. The number of aliphatic carboxylic acids is 1. The zero-order valence-electron chi connectivity index (χ0n) is 11.0. The van der Waals surface area contributed by atoms with Gasteiger partial charge in [0.2, 0.25) is 0 Å². The van der Waals surface area contributed by atoms with Crippen LogP contribution in [0.1, 0.15) is 32.1 Å². The highest BCUT2D eigenvalue weighted by atomic mass is 16.6. The number of nitrogens with zero attached hydrogens (tertiary/aromatic N) is 2. The van der Waals surface area contributed by atoms with Crippen molar-refractivity contribution >= 4 is 17.5 Å². The Balaban J connectivity index is 2.02.